The number of hydrogen-bond donors (Lipinski definition) is 4. The summed E-state index contributed by atoms with van der Waals surface area (Å²) in [6.45, 7) is 7.50. The third-order valence-corrected chi connectivity index (χ3v) is 13.3. The van der Waals surface area contributed by atoms with Gasteiger partial charge in [0.25, 0.3) is 17.7 Å². The van der Waals surface area contributed by atoms with Gasteiger partial charge in [-0.3, -0.25) is 43.9 Å². The Morgan fingerprint density at radius 2 is 1.70 bits per heavy atom. The van der Waals surface area contributed by atoms with Crippen LogP contribution < -0.4 is 16.0 Å². The van der Waals surface area contributed by atoms with Crippen LogP contribution in [0.25, 0.3) is 10.2 Å². The second kappa shape index (κ2) is 17.1. The molecule has 3 fully saturated rings. The summed E-state index contributed by atoms with van der Waals surface area (Å²) in [5.41, 5.74) is 1.68. The van der Waals surface area contributed by atoms with E-state index in [-0.39, 0.29) is 53.1 Å². The second-order valence-corrected chi connectivity index (χ2v) is 17.7. The van der Waals surface area contributed by atoms with Gasteiger partial charge in [-0.2, -0.15) is 5.26 Å². The smallest absolute Gasteiger partial charge is 0.274 e. The van der Waals surface area contributed by atoms with E-state index in [2.05, 4.69) is 25.8 Å². The maximum Gasteiger partial charge on any atom is 0.274 e. The van der Waals surface area contributed by atoms with Gasteiger partial charge in [-0.1, -0.05) is 12.1 Å². The molecule has 4 N–H and O–H groups in total. The van der Waals surface area contributed by atoms with Gasteiger partial charge >= 0.3 is 0 Å². The first-order valence-corrected chi connectivity index (χ1v) is 21.6. The lowest BCUT2D eigenvalue weighted by molar-refractivity contribution is -0.138. The number of piperazine rings is 1. The van der Waals surface area contributed by atoms with Crippen LogP contribution >= 0.6 is 11.3 Å². The number of hydrogen-bond acceptors (Lipinski definition) is 13. The average Bonchev–Trinajstić information content (AvgIpc) is 3.79. The molecule has 6 amide bonds. The first-order chi connectivity index (χ1) is 29.3. The molecule has 3 aliphatic heterocycles. The molecular weight excluding hydrogens is 799 g/mol. The third-order valence-electron chi connectivity index (χ3n) is 12.1. The number of piperidine rings is 1. The number of thiazole rings is 1. The van der Waals surface area contributed by atoms with Crippen LogP contribution in [-0.2, 0) is 20.0 Å². The highest BCUT2D eigenvalue weighted by molar-refractivity contribution is 7.18. The van der Waals surface area contributed by atoms with Crippen LogP contribution in [0, 0.1) is 17.2 Å². The summed E-state index contributed by atoms with van der Waals surface area (Å²) in [4.78, 5) is 91.8. The molecule has 1 atom stereocenters. The number of rotatable bonds is 11. The SMILES string of the molecule is CC(C)(O)c1cc2nc([C@H]3CC[C@H](C(=O)N4CCN(CCCNc5cccc6c5C(=O)N(C5CCC(=O)NC5=O)C6=O)CC4)CC3)sc2cc1NC(=O)c1cccc(C#N)n1. The summed E-state index contributed by atoms with van der Waals surface area (Å²) in [7, 11) is 0. The van der Waals surface area contributed by atoms with Gasteiger partial charge in [-0.05, 0) is 95.3 Å². The van der Waals surface area contributed by atoms with E-state index in [1.54, 1.807) is 49.4 Å². The number of anilines is 2. The molecule has 0 radical (unpaired) electrons. The first kappa shape index (κ1) is 41.6. The number of imide groups is 2. The molecule has 0 spiro atoms. The topological polar surface area (TPSA) is 218 Å². The number of aliphatic hydroxyl groups is 1. The quantitative estimate of drug-likeness (QED) is 0.122. The molecule has 316 valence electrons. The number of pyridine rings is 1. The van der Waals surface area contributed by atoms with E-state index >= 15 is 0 Å². The standard InChI is InChI=1S/C44H47N9O7S/c1-44(2,60)29-22-33-35(23-32(29)48-38(55)31-9-3-6-27(24-45)47-31)61-40(49-33)25-10-12-26(13-11-25)41(57)52-20-18-51(19-21-52)17-5-16-46-30-8-4-7-28-37(30)43(59)53(42(28)58)34-14-15-36(54)50-39(34)56/h3-4,6-9,22-23,25-26,34,46,60H,5,10-21H2,1-2H3,(H,48,55)(H,50,54,56)/t25-,26-,34?. The molecule has 2 saturated heterocycles. The largest absolute Gasteiger partial charge is 0.386 e. The lowest BCUT2D eigenvalue weighted by atomic mass is 9.81. The van der Waals surface area contributed by atoms with Gasteiger partial charge in [0.2, 0.25) is 17.7 Å². The zero-order valence-electron chi connectivity index (χ0n) is 34.0. The lowest BCUT2D eigenvalue weighted by Gasteiger charge is -2.37. The van der Waals surface area contributed by atoms with Crippen molar-refractivity contribution in [1.82, 2.24) is 30.0 Å². The number of aromatic nitrogens is 2. The van der Waals surface area contributed by atoms with E-state index in [0.29, 0.717) is 36.6 Å². The van der Waals surface area contributed by atoms with Crippen LogP contribution in [0.15, 0.2) is 48.5 Å². The number of carbonyl (C=O) groups excluding carboxylic acids is 6. The fraction of sp³-hybridized carbons (Fsp3) is 0.432. The highest BCUT2D eigenvalue weighted by Gasteiger charge is 2.45. The molecule has 17 heteroatoms. The van der Waals surface area contributed by atoms with E-state index in [1.165, 1.54) is 12.1 Å². The van der Waals surface area contributed by atoms with Crippen molar-refractivity contribution in [3.05, 3.63) is 81.6 Å². The molecular formula is C44H47N9O7S. The van der Waals surface area contributed by atoms with Crippen LogP contribution in [-0.4, -0.2) is 111 Å². The Labute approximate surface area is 356 Å². The lowest BCUT2D eigenvalue weighted by Crippen LogP contribution is -2.54. The Kier molecular flexibility index (Phi) is 11.7. The molecule has 8 rings (SSSR count). The molecule has 5 heterocycles. The average molecular weight is 846 g/mol. The van der Waals surface area contributed by atoms with Crippen molar-refractivity contribution in [1.29, 1.82) is 5.26 Å². The fourth-order valence-electron chi connectivity index (χ4n) is 8.81. The number of nitrogens with one attached hydrogen (secondary N) is 3. The number of amides is 6. The minimum atomic E-state index is -1.27. The maximum absolute atomic E-state index is 13.7. The van der Waals surface area contributed by atoms with Crippen molar-refractivity contribution >= 4 is 68.4 Å². The van der Waals surface area contributed by atoms with Crippen LogP contribution in [0.5, 0.6) is 0 Å². The van der Waals surface area contributed by atoms with Gasteiger partial charge in [0.15, 0.2) is 0 Å². The van der Waals surface area contributed by atoms with Crippen LogP contribution in [0.2, 0.25) is 0 Å². The molecule has 4 aromatic rings. The Morgan fingerprint density at radius 3 is 2.43 bits per heavy atom. The molecule has 61 heavy (non-hydrogen) atoms. The van der Waals surface area contributed by atoms with E-state index in [9.17, 15) is 39.1 Å². The second-order valence-electron chi connectivity index (χ2n) is 16.6. The number of fused-ring (bicyclic) bond motifs is 2. The van der Waals surface area contributed by atoms with Gasteiger partial charge < -0.3 is 20.6 Å². The van der Waals surface area contributed by atoms with Gasteiger partial charge in [-0.15, -0.1) is 11.3 Å². The van der Waals surface area contributed by atoms with Gasteiger partial charge in [-0.25, -0.2) is 9.97 Å². The molecule has 1 aliphatic carbocycles. The number of nitrogens with zero attached hydrogens (tertiary/aromatic N) is 6. The Balaban J connectivity index is 0.804. The molecule has 2 aromatic heterocycles. The molecule has 2 aromatic carbocycles. The Morgan fingerprint density at radius 1 is 0.951 bits per heavy atom. The highest BCUT2D eigenvalue weighted by atomic mass is 32.1. The predicted molar refractivity (Wildman–Crippen MR) is 226 cm³/mol. The minimum absolute atomic E-state index is 0.0359. The summed E-state index contributed by atoms with van der Waals surface area (Å²) >= 11 is 1.56. The van der Waals surface area contributed by atoms with Crippen molar-refractivity contribution in [3.63, 3.8) is 0 Å². The van der Waals surface area contributed by atoms with Gasteiger partial charge in [0, 0.05) is 67.9 Å². The van der Waals surface area contributed by atoms with E-state index < -0.39 is 41.2 Å². The molecule has 1 saturated carbocycles. The van der Waals surface area contributed by atoms with Crippen molar-refractivity contribution in [2.75, 3.05) is 49.9 Å². The molecule has 1 unspecified atom stereocenters. The minimum Gasteiger partial charge on any atom is -0.386 e. The van der Waals surface area contributed by atoms with Gasteiger partial charge in [0.1, 0.15) is 23.5 Å². The molecule has 16 nitrogen and oxygen atoms in total. The van der Waals surface area contributed by atoms with Crippen LogP contribution in [0.1, 0.15) is 112 Å². The first-order valence-electron chi connectivity index (χ1n) is 20.7. The number of carbonyl (C=O) groups is 6. The third kappa shape index (κ3) is 8.61. The van der Waals surface area contributed by atoms with E-state index in [4.69, 9.17) is 4.98 Å². The highest BCUT2D eigenvalue weighted by Crippen LogP contribution is 2.42. The fourth-order valence-corrected chi connectivity index (χ4v) is 9.97. The summed E-state index contributed by atoms with van der Waals surface area (Å²) in [6.07, 6.45) is 4.17. The van der Waals surface area contributed by atoms with Crippen LogP contribution in [0.3, 0.4) is 0 Å². The molecule has 0 bridgehead atoms. The van der Waals surface area contributed by atoms with Crippen molar-refractivity contribution in [2.24, 2.45) is 5.92 Å². The van der Waals surface area contributed by atoms with Crippen molar-refractivity contribution in [3.8, 4) is 6.07 Å². The Hall–Kier alpha value is -6.09. The van der Waals surface area contributed by atoms with E-state index in [1.807, 2.05) is 23.1 Å². The predicted octanol–water partition coefficient (Wildman–Crippen LogP) is 4.36. The van der Waals surface area contributed by atoms with Gasteiger partial charge in [0.05, 0.1) is 32.0 Å². The summed E-state index contributed by atoms with van der Waals surface area (Å²) < 4.78 is 0.873. The summed E-state index contributed by atoms with van der Waals surface area (Å²) in [6, 6.07) is 14.3. The zero-order valence-corrected chi connectivity index (χ0v) is 34.8. The monoisotopic (exact) mass is 845 g/mol. The zero-order chi connectivity index (χ0) is 43.0. The number of benzene rings is 2. The van der Waals surface area contributed by atoms with Crippen molar-refractivity contribution < 1.29 is 33.9 Å². The Bertz CT molecular complexity index is 2470. The maximum atomic E-state index is 13.7. The van der Waals surface area contributed by atoms with Crippen LogP contribution in [0.4, 0.5) is 11.4 Å². The van der Waals surface area contributed by atoms with Crippen molar-refractivity contribution in [2.45, 2.75) is 76.4 Å². The normalized spacial score (nSPS) is 21.0. The summed E-state index contributed by atoms with van der Waals surface area (Å²) in [5, 5.41) is 29.6. The molecule has 4 aliphatic rings. The van der Waals surface area contributed by atoms with E-state index in [0.717, 1.165) is 71.9 Å². The number of nitriles is 1. The summed E-state index contributed by atoms with van der Waals surface area (Å²) in [5.74, 6) is -2.24.